The topological polar surface area (TPSA) is 68.8 Å². The summed E-state index contributed by atoms with van der Waals surface area (Å²) in [4.78, 5) is 12.6. The number of anilines is 1. The third-order valence-corrected chi connectivity index (χ3v) is 3.57. The summed E-state index contributed by atoms with van der Waals surface area (Å²) in [5, 5.41) is 6.01. The zero-order valence-corrected chi connectivity index (χ0v) is 15.0. The molecule has 0 aliphatic heterocycles. The van der Waals surface area contributed by atoms with Gasteiger partial charge < -0.3 is 19.5 Å². The fraction of sp³-hybridized carbons (Fsp3) is 0.316. The van der Waals surface area contributed by atoms with E-state index in [0.29, 0.717) is 22.7 Å². The predicted octanol–water partition coefficient (Wildman–Crippen LogP) is 3.29. The number of methoxy groups -OCH3 is 2. The van der Waals surface area contributed by atoms with E-state index >= 15 is 0 Å². The molecule has 0 bridgehead atoms. The molecule has 0 aliphatic carbocycles. The molecule has 0 saturated carbocycles. The third-order valence-electron chi connectivity index (χ3n) is 3.57. The Labute approximate surface area is 148 Å². The summed E-state index contributed by atoms with van der Waals surface area (Å²) in [7, 11) is 3.03. The molecule has 1 unspecified atom stereocenters. The average molecular weight is 344 g/mol. The Morgan fingerprint density at radius 3 is 2.16 bits per heavy atom. The van der Waals surface area contributed by atoms with Gasteiger partial charge in [0.05, 0.1) is 14.2 Å². The van der Waals surface area contributed by atoms with Gasteiger partial charge in [-0.25, -0.2) is 0 Å². The van der Waals surface area contributed by atoms with Crippen molar-refractivity contribution in [3.05, 3.63) is 48.0 Å². The van der Waals surface area contributed by atoms with Crippen molar-refractivity contribution in [2.75, 3.05) is 26.1 Å². The number of carbonyl (C=O) groups excluding carboxylic acids is 1. The maximum Gasteiger partial charge on any atom is 0.263 e. The van der Waals surface area contributed by atoms with Crippen LogP contribution in [-0.2, 0) is 0 Å². The smallest absolute Gasteiger partial charge is 0.263 e. The van der Waals surface area contributed by atoms with Gasteiger partial charge in [0.25, 0.3) is 5.91 Å². The molecule has 6 nitrogen and oxygen atoms in total. The van der Waals surface area contributed by atoms with Gasteiger partial charge in [-0.3, -0.25) is 10.1 Å². The van der Waals surface area contributed by atoms with E-state index < -0.39 is 0 Å². The van der Waals surface area contributed by atoms with E-state index in [2.05, 4.69) is 10.6 Å². The van der Waals surface area contributed by atoms with Crippen molar-refractivity contribution >= 4 is 11.6 Å². The number of hydrogen-bond acceptors (Lipinski definition) is 5. The van der Waals surface area contributed by atoms with E-state index in [1.54, 1.807) is 30.3 Å². The van der Waals surface area contributed by atoms with Gasteiger partial charge >= 0.3 is 0 Å². The molecule has 25 heavy (non-hydrogen) atoms. The molecule has 1 atom stereocenters. The van der Waals surface area contributed by atoms with E-state index in [4.69, 9.17) is 14.2 Å². The zero-order chi connectivity index (χ0) is 18.2. The quantitative estimate of drug-likeness (QED) is 0.719. The van der Waals surface area contributed by atoms with Gasteiger partial charge in [0.15, 0.2) is 0 Å². The largest absolute Gasteiger partial charge is 0.496 e. The molecular formula is C19H24N2O4. The van der Waals surface area contributed by atoms with Crippen molar-refractivity contribution in [1.82, 2.24) is 5.32 Å². The lowest BCUT2D eigenvalue weighted by molar-refractivity contribution is 0.102. The number of ether oxygens (including phenoxy) is 3. The molecule has 0 fully saturated rings. The van der Waals surface area contributed by atoms with Crippen molar-refractivity contribution in [1.29, 1.82) is 0 Å². The van der Waals surface area contributed by atoms with Crippen molar-refractivity contribution in [2.45, 2.75) is 20.1 Å². The van der Waals surface area contributed by atoms with E-state index in [0.717, 1.165) is 12.3 Å². The first-order valence-corrected chi connectivity index (χ1v) is 8.11. The lowest BCUT2D eigenvalue weighted by Gasteiger charge is -2.16. The molecule has 1 amide bonds. The van der Waals surface area contributed by atoms with Crippen LogP contribution in [0.3, 0.4) is 0 Å². The van der Waals surface area contributed by atoms with Crippen molar-refractivity contribution in [2.24, 2.45) is 0 Å². The molecule has 0 spiro atoms. The molecule has 2 aromatic carbocycles. The van der Waals surface area contributed by atoms with Crippen LogP contribution in [0, 0.1) is 0 Å². The highest BCUT2D eigenvalue weighted by atomic mass is 16.5. The fourth-order valence-corrected chi connectivity index (χ4v) is 2.42. The van der Waals surface area contributed by atoms with Crippen LogP contribution in [0.15, 0.2) is 42.5 Å². The van der Waals surface area contributed by atoms with Gasteiger partial charge in [-0.2, -0.15) is 0 Å². The minimum absolute atomic E-state index is 0.0803. The van der Waals surface area contributed by atoms with Crippen molar-refractivity contribution in [3.8, 4) is 17.2 Å². The summed E-state index contributed by atoms with van der Waals surface area (Å²) in [5.74, 6) is 1.33. The Balaban J connectivity index is 2.11. The van der Waals surface area contributed by atoms with E-state index in [1.807, 2.05) is 26.0 Å². The minimum Gasteiger partial charge on any atom is -0.496 e. The first kappa shape index (κ1) is 18.6. The van der Waals surface area contributed by atoms with Gasteiger partial charge in [-0.1, -0.05) is 13.0 Å². The number of rotatable bonds is 8. The van der Waals surface area contributed by atoms with Gasteiger partial charge in [0.1, 0.15) is 29.0 Å². The van der Waals surface area contributed by atoms with Crippen LogP contribution >= 0.6 is 0 Å². The first-order chi connectivity index (χ1) is 12.1. The highest BCUT2D eigenvalue weighted by Crippen LogP contribution is 2.29. The van der Waals surface area contributed by atoms with Crippen LogP contribution in [0.25, 0.3) is 0 Å². The number of hydrogen-bond donors (Lipinski definition) is 2. The highest BCUT2D eigenvalue weighted by Gasteiger charge is 2.18. The molecule has 0 radical (unpaired) electrons. The van der Waals surface area contributed by atoms with Crippen molar-refractivity contribution < 1.29 is 19.0 Å². The number of nitrogens with one attached hydrogen (secondary N) is 2. The Kier molecular flexibility index (Phi) is 6.65. The first-order valence-electron chi connectivity index (χ1n) is 8.11. The second kappa shape index (κ2) is 8.94. The molecule has 2 aromatic rings. The van der Waals surface area contributed by atoms with Gasteiger partial charge in [-0.05, 0) is 49.9 Å². The van der Waals surface area contributed by atoms with Crippen LogP contribution < -0.4 is 24.8 Å². The molecule has 6 heteroatoms. The Hall–Kier alpha value is -2.73. The van der Waals surface area contributed by atoms with Crippen LogP contribution in [0.1, 0.15) is 24.2 Å². The van der Waals surface area contributed by atoms with Gasteiger partial charge in [0, 0.05) is 5.69 Å². The lowest BCUT2D eigenvalue weighted by atomic mass is 10.1. The molecule has 134 valence electrons. The Morgan fingerprint density at radius 2 is 1.64 bits per heavy atom. The SMILES string of the molecule is CCNC(C)Oc1ccc(NC(=O)c2c(OC)cccc2OC)cc1. The van der Waals surface area contributed by atoms with Crippen LogP contribution in [0.5, 0.6) is 17.2 Å². The van der Waals surface area contributed by atoms with Crippen LogP contribution in [0.2, 0.25) is 0 Å². The van der Waals surface area contributed by atoms with Crippen LogP contribution in [-0.4, -0.2) is 32.9 Å². The van der Waals surface area contributed by atoms with Crippen molar-refractivity contribution in [3.63, 3.8) is 0 Å². The predicted molar refractivity (Wildman–Crippen MR) is 97.7 cm³/mol. The van der Waals surface area contributed by atoms with Gasteiger partial charge in [0.2, 0.25) is 0 Å². The third kappa shape index (κ3) is 4.87. The maximum atomic E-state index is 12.6. The highest BCUT2D eigenvalue weighted by molar-refractivity contribution is 6.08. The van der Waals surface area contributed by atoms with E-state index in [1.165, 1.54) is 14.2 Å². The molecule has 2 N–H and O–H groups in total. The monoisotopic (exact) mass is 344 g/mol. The number of amides is 1. The average Bonchev–Trinajstić information content (AvgIpc) is 2.62. The normalized spacial score (nSPS) is 11.5. The standard InChI is InChI=1S/C19H24N2O4/c1-5-20-13(2)25-15-11-9-14(10-12-15)21-19(22)18-16(23-3)7-6-8-17(18)24-4/h6-13,20H,5H2,1-4H3,(H,21,22). The second-order valence-corrected chi connectivity index (χ2v) is 5.33. The Morgan fingerprint density at radius 1 is 1.04 bits per heavy atom. The molecular weight excluding hydrogens is 320 g/mol. The summed E-state index contributed by atoms with van der Waals surface area (Å²) in [6.07, 6.45) is -0.0803. The minimum atomic E-state index is -0.302. The lowest BCUT2D eigenvalue weighted by Crippen LogP contribution is -2.30. The maximum absolute atomic E-state index is 12.6. The van der Waals surface area contributed by atoms with Crippen LogP contribution in [0.4, 0.5) is 5.69 Å². The van der Waals surface area contributed by atoms with E-state index in [9.17, 15) is 4.79 Å². The summed E-state index contributed by atoms with van der Waals surface area (Å²) in [5.41, 5.74) is 1.01. The summed E-state index contributed by atoms with van der Waals surface area (Å²) in [6, 6.07) is 12.4. The van der Waals surface area contributed by atoms with E-state index in [-0.39, 0.29) is 12.1 Å². The fourth-order valence-electron chi connectivity index (χ4n) is 2.42. The van der Waals surface area contributed by atoms with Gasteiger partial charge in [-0.15, -0.1) is 0 Å². The summed E-state index contributed by atoms with van der Waals surface area (Å²) >= 11 is 0. The molecule has 0 aromatic heterocycles. The molecule has 0 aliphatic rings. The summed E-state index contributed by atoms with van der Waals surface area (Å²) in [6.45, 7) is 4.79. The molecule has 2 rings (SSSR count). The molecule has 0 saturated heterocycles. The zero-order valence-electron chi connectivity index (χ0n) is 15.0. The summed E-state index contributed by atoms with van der Waals surface area (Å²) < 4.78 is 16.2. The Bertz CT molecular complexity index is 679. The molecule has 0 heterocycles. The number of benzene rings is 2. The second-order valence-electron chi connectivity index (χ2n) is 5.33. The number of carbonyl (C=O) groups is 1.